The monoisotopic (exact) mass is 301 g/mol. The second-order valence-electron chi connectivity index (χ2n) is 6.61. The van der Waals surface area contributed by atoms with Crippen LogP contribution in [0.15, 0.2) is 29.6 Å². The summed E-state index contributed by atoms with van der Waals surface area (Å²) in [7, 11) is 0. The van der Waals surface area contributed by atoms with Gasteiger partial charge in [-0.25, -0.2) is 4.98 Å². The Kier molecular flexibility index (Phi) is 3.89. The van der Waals surface area contributed by atoms with Crippen molar-refractivity contribution in [1.29, 1.82) is 0 Å². The van der Waals surface area contributed by atoms with Gasteiger partial charge in [0.05, 0.1) is 28.6 Å². The van der Waals surface area contributed by atoms with Crippen LogP contribution in [0.4, 0.5) is 11.4 Å². The maximum absolute atomic E-state index is 4.84. The number of anilines is 2. The average Bonchev–Trinajstić information content (AvgIpc) is 2.82. The molecule has 2 aromatic rings. The lowest BCUT2D eigenvalue weighted by molar-refractivity contribution is 0.582. The zero-order valence-corrected chi connectivity index (χ0v) is 13.8. The van der Waals surface area contributed by atoms with Gasteiger partial charge in [0, 0.05) is 23.9 Å². The van der Waals surface area contributed by atoms with Gasteiger partial charge in [-0.05, 0) is 18.6 Å². The molecule has 0 saturated heterocycles. The van der Waals surface area contributed by atoms with Crippen molar-refractivity contribution in [3.05, 3.63) is 40.3 Å². The molecule has 1 aromatic heterocycles. The minimum absolute atomic E-state index is 0.140. The Morgan fingerprint density at radius 2 is 2.10 bits per heavy atom. The summed E-state index contributed by atoms with van der Waals surface area (Å²) in [6, 6.07) is 8.57. The molecule has 112 valence electrons. The van der Waals surface area contributed by atoms with Gasteiger partial charge >= 0.3 is 0 Å². The predicted octanol–water partition coefficient (Wildman–Crippen LogP) is 4.26. The van der Waals surface area contributed by atoms with Crippen molar-refractivity contribution in [2.45, 2.75) is 39.2 Å². The van der Waals surface area contributed by atoms with E-state index in [1.807, 2.05) is 0 Å². The molecule has 0 amide bonds. The van der Waals surface area contributed by atoms with E-state index in [9.17, 15) is 0 Å². The summed E-state index contributed by atoms with van der Waals surface area (Å²) >= 11 is 1.78. The van der Waals surface area contributed by atoms with Crippen molar-refractivity contribution in [2.75, 3.05) is 23.3 Å². The highest BCUT2D eigenvalue weighted by molar-refractivity contribution is 7.09. The van der Waals surface area contributed by atoms with E-state index in [2.05, 4.69) is 60.6 Å². The topological polar surface area (TPSA) is 28.2 Å². The minimum Gasteiger partial charge on any atom is -0.383 e. The van der Waals surface area contributed by atoms with Crippen LogP contribution in [0.3, 0.4) is 0 Å². The lowest BCUT2D eigenvalue weighted by Gasteiger charge is -2.23. The van der Waals surface area contributed by atoms with Crippen LogP contribution in [0.1, 0.15) is 37.9 Å². The number of fused-ring (bicyclic) bond motifs is 1. The summed E-state index contributed by atoms with van der Waals surface area (Å²) < 4.78 is 0. The van der Waals surface area contributed by atoms with Crippen molar-refractivity contribution in [1.82, 2.24) is 4.98 Å². The molecule has 0 spiro atoms. The molecule has 1 N–H and O–H groups in total. The standard InChI is InChI=1S/C17H23N3S/c1-17(2,3)16-19-13(12-21-16)11-20-10-6-9-18-14-7-4-5-8-15(14)20/h4-5,7-8,12,18H,6,9-11H2,1-3H3. The number of hydrogen-bond donors (Lipinski definition) is 1. The summed E-state index contributed by atoms with van der Waals surface area (Å²) in [5.74, 6) is 0. The molecule has 0 fully saturated rings. The van der Waals surface area contributed by atoms with E-state index in [1.165, 1.54) is 22.1 Å². The molecule has 0 atom stereocenters. The molecule has 0 unspecified atom stereocenters. The molecule has 4 heteroatoms. The van der Waals surface area contributed by atoms with E-state index in [0.717, 1.165) is 26.1 Å². The lowest BCUT2D eigenvalue weighted by Crippen LogP contribution is -2.23. The molecule has 0 saturated carbocycles. The van der Waals surface area contributed by atoms with Crippen LogP contribution in [-0.2, 0) is 12.0 Å². The van der Waals surface area contributed by atoms with Gasteiger partial charge in [0.1, 0.15) is 0 Å². The van der Waals surface area contributed by atoms with E-state index in [1.54, 1.807) is 11.3 Å². The molecule has 0 aliphatic carbocycles. The predicted molar refractivity (Wildman–Crippen MR) is 91.4 cm³/mol. The maximum atomic E-state index is 4.84. The average molecular weight is 301 g/mol. The van der Waals surface area contributed by atoms with Crippen molar-refractivity contribution in [2.24, 2.45) is 0 Å². The molecule has 2 heterocycles. The first kappa shape index (κ1) is 14.4. The Hall–Kier alpha value is -1.55. The number of para-hydroxylation sites is 2. The van der Waals surface area contributed by atoms with Gasteiger partial charge in [0.25, 0.3) is 0 Å². The van der Waals surface area contributed by atoms with Crippen LogP contribution in [0.5, 0.6) is 0 Å². The van der Waals surface area contributed by atoms with Crippen LogP contribution < -0.4 is 10.2 Å². The third-order valence-corrected chi connectivity index (χ3v) is 5.03. The van der Waals surface area contributed by atoms with Gasteiger partial charge in [0.2, 0.25) is 0 Å². The molecule has 0 radical (unpaired) electrons. The SMILES string of the molecule is CC(C)(C)c1nc(CN2CCCNc3ccccc32)cs1. The molecule has 3 nitrogen and oxygen atoms in total. The first-order valence-corrected chi connectivity index (χ1v) is 8.45. The molecule has 1 aromatic carbocycles. The number of thiazole rings is 1. The fourth-order valence-electron chi connectivity index (χ4n) is 2.60. The summed E-state index contributed by atoms with van der Waals surface area (Å²) in [4.78, 5) is 7.28. The number of benzene rings is 1. The molecule has 3 rings (SSSR count). The van der Waals surface area contributed by atoms with Crippen LogP contribution in [-0.4, -0.2) is 18.1 Å². The molecule has 1 aliphatic heterocycles. The number of hydrogen-bond acceptors (Lipinski definition) is 4. The summed E-state index contributed by atoms with van der Waals surface area (Å²) in [6.07, 6.45) is 1.16. The van der Waals surface area contributed by atoms with E-state index < -0.39 is 0 Å². The quantitative estimate of drug-likeness (QED) is 0.898. The van der Waals surface area contributed by atoms with Gasteiger partial charge < -0.3 is 10.2 Å². The van der Waals surface area contributed by atoms with E-state index >= 15 is 0 Å². The van der Waals surface area contributed by atoms with Crippen LogP contribution in [0.25, 0.3) is 0 Å². The third kappa shape index (κ3) is 3.21. The molecule has 21 heavy (non-hydrogen) atoms. The Labute approximate surface area is 131 Å². The highest BCUT2D eigenvalue weighted by Crippen LogP contribution is 2.31. The first-order valence-electron chi connectivity index (χ1n) is 7.57. The number of aromatic nitrogens is 1. The van der Waals surface area contributed by atoms with Crippen LogP contribution >= 0.6 is 11.3 Å². The number of nitrogens with zero attached hydrogens (tertiary/aromatic N) is 2. The molecule has 0 bridgehead atoms. The Balaban J connectivity index is 1.83. The largest absolute Gasteiger partial charge is 0.383 e. The fraction of sp³-hybridized carbons (Fsp3) is 0.471. The van der Waals surface area contributed by atoms with E-state index in [-0.39, 0.29) is 5.41 Å². The maximum Gasteiger partial charge on any atom is 0.0982 e. The fourth-order valence-corrected chi connectivity index (χ4v) is 3.49. The zero-order chi connectivity index (χ0) is 14.9. The summed E-state index contributed by atoms with van der Waals surface area (Å²) in [6.45, 7) is 9.68. The first-order chi connectivity index (χ1) is 10.0. The van der Waals surface area contributed by atoms with E-state index in [4.69, 9.17) is 4.98 Å². The highest BCUT2D eigenvalue weighted by atomic mass is 32.1. The van der Waals surface area contributed by atoms with Gasteiger partial charge in [-0.2, -0.15) is 0 Å². The Bertz CT molecular complexity index is 612. The van der Waals surface area contributed by atoms with Crippen LogP contribution in [0, 0.1) is 0 Å². The van der Waals surface area contributed by atoms with Crippen molar-refractivity contribution >= 4 is 22.7 Å². The Morgan fingerprint density at radius 3 is 2.86 bits per heavy atom. The van der Waals surface area contributed by atoms with Crippen molar-refractivity contribution < 1.29 is 0 Å². The summed E-state index contributed by atoms with van der Waals surface area (Å²) in [5.41, 5.74) is 3.85. The third-order valence-electron chi connectivity index (χ3n) is 3.71. The summed E-state index contributed by atoms with van der Waals surface area (Å²) in [5, 5.41) is 6.94. The smallest absolute Gasteiger partial charge is 0.0982 e. The van der Waals surface area contributed by atoms with Crippen molar-refractivity contribution in [3.63, 3.8) is 0 Å². The van der Waals surface area contributed by atoms with Gasteiger partial charge in [-0.3, -0.25) is 0 Å². The van der Waals surface area contributed by atoms with Crippen LogP contribution in [0.2, 0.25) is 0 Å². The lowest BCUT2D eigenvalue weighted by atomic mass is 9.98. The Morgan fingerprint density at radius 1 is 1.29 bits per heavy atom. The molecule has 1 aliphatic rings. The van der Waals surface area contributed by atoms with Crippen molar-refractivity contribution in [3.8, 4) is 0 Å². The molecular formula is C17H23N3S. The normalized spacial score (nSPS) is 15.3. The second-order valence-corrected chi connectivity index (χ2v) is 7.47. The highest BCUT2D eigenvalue weighted by Gasteiger charge is 2.20. The number of rotatable bonds is 2. The number of nitrogens with one attached hydrogen (secondary N) is 1. The van der Waals surface area contributed by atoms with E-state index in [0.29, 0.717) is 0 Å². The zero-order valence-electron chi connectivity index (χ0n) is 13.0. The second kappa shape index (κ2) is 5.68. The van der Waals surface area contributed by atoms with Gasteiger partial charge in [-0.15, -0.1) is 11.3 Å². The minimum atomic E-state index is 0.140. The van der Waals surface area contributed by atoms with Gasteiger partial charge in [0.15, 0.2) is 0 Å². The molecular weight excluding hydrogens is 278 g/mol. The van der Waals surface area contributed by atoms with Gasteiger partial charge in [-0.1, -0.05) is 32.9 Å².